The molecule has 2 amide bonds. The van der Waals surface area contributed by atoms with Gasteiger partial charge in [-0.25, -0.2) is 9.59 Å². The van der Waals surface area contributed by atoms with Crippen molar-refractivity contribution in [3.8, 4) is 0 Å². The smallest absolute Gasteiger partial charge is 0.412 e. The van der Waals surface area contributed by atoms with Crippen molar-refractivity contribution in [2.75, 3.05) is 5.32 Å². The van der Waals surface area contributed by atoms with E-state index in [2.05, 4.69) is 5.32 Å². The largest absolute Gasteiger partial charge is 0.477 e. The molecule has 7 rings (SSSR count). The highest BCUT2D eigenvalue weighted by Gasteiger charge is 2.47. The number of nitro groups is 1. The Labute approximate surface area is 274 Å². The van der Waals surface area contributed by atoms with Crippen molar-refractivity contribution in [2.24, 2.45) is 0 Å². The zero-order chi connectivity index (χ0) is 33.6. The number of likely N-dealkylation sites (tertiary alicyclic amines) is 1. The first-order valence-electron chi connectivity index (χ1n) is 14.6. The van der Waals surface area contributed by atoms with Gasteiger partial charge in [0.15, 0.2) is 5.12 Å². The molecule has 13 heteroatoms. The Hall–Kier alpha value is -5.19. The van der Waals surface area contributed by atoms with E-state index in [1.807, 2.05) is 91.0 Å². The highest BCUT2D eigenvalue weighted by molar-refractivity contribution is 8.14. The molecule has 4 aromatic carbocycles. The number of hydrogen-bond donors (Lipinski definition) is 2. The normalized spacial score (nSPS) is 15.1. The van der Waals surface area contributed by atoms with Gasteiger partial charge in [-0.15, -0.1) is 0 Å². The van der Waals surface area contributed by atoms with Crippen LogP contribution in [0.15, 0.2) is 109 Å². The van der Waals surface area contributed by atoms with Gasteiger partial charge >= 0.3 is 12.1 Å². The van der Waals surface area contributed by atoms with Crippen LogP contribution < -0.4 is 21.2 Å². The summed E-state index contributed by atoms with van der Waals surface area (Å²) in [7, 11) is 0. The number of fused-ring (bicyclic) bond motifs is 5. The van der Waals surface area contributed by atoms with Gasteiger partial charge in [-0.05, 0) is 27.5 Å². The number of aliphatic carboxylic acids is 1. The first-order valence-corrected chi connectivity index (χ1v) is 17.2. The molecule has 3 aliphatic heterocycles. The van der Waals surface area contributed by atoms with Crippen molar-refractivity contribution in [2.45, 2.75) is 31.7 Å². The Morgan fingerprint density at radius 2 is 1.47 bits per heavy atom. The molecule has 4 aromatic rings. The van der Waals surface area contributed by atoms with Crippen LogP contribution in [0.2, 0.25) is 0 Å². The number of β-lactam (4-membered cyclic amide) rings is 1. The van der Waals surface area contributed by atoms with Gasteiger partial charge in [-0.1, -0.05) is 116 Å². The number of thioether (sulfide) groups is 1. The number of anilines is 1. The molecule has 0 aliphatic carbocycles. The standard InChI is InChI=1S/C26H24NO4PS.C8H6N2O4/c1-2-24(29)33-23-18-22(28)27(23)25(26(30)31)32(19-12-6-3-7-13-19,20-14-8-4-9-15-20)21-16-10-5-11-17-21;11-8-9-6-2-1-5(4-14-8)3-7(6)10(12)13/h3-17,23H,2,18H2,1H3,(H,30,31);1-3H,4H2,(H,9,11). The number of rotatable bonds is 8. The Bertz CT molecular complexity index is 1780. The van der Waals surface area contributed by atoms with Crippen LogP contribution in [0, 0.1) is 10.1 Å². The molecular weight excluding hydrogens is 641 g/mol. The van der Waals surface area contributed by atoms with Crippen LogP contribution in [0.5, 0.6) is 0 Å². The van der Waals surface area contributed by atoms with Gasteiger partial charge in [0, 0.05) is 19.4 Å². The maximum absolute atomic E-state index is 13.0. The number of carbonyl (C=O) groups excluding carboxylic acids is 3. The number of nitro benzene ring substituents is 1. The topological polar surface area (TPSA) is 156 Å². The summed E-state index contributed by atoms with van der Waals surface area (Å²) in [5.74, 6) is -1.43. The Kier molecular flexibility index (Phi) is 10.2. The third kappa shape index (κ3) is 6.84. The summed E-state index contributed by atoms with van der Waals surface area (Å²) >= 11 is 1.05. The molecule has 1 fully saturated rings. The van der Waals surface area contributed by atoms with Gasteiger partial charge in [0.25, 0.3) is 5.69 Å². The highest BCUT2D eigenvalue weighted by Crippen LogP contribution is 2.49. The van der Waals surface area contributed by atoms with Gasteiger partial charge in [0.05, 0.1) is 16.7 Å². The van der Waals surface area contributed by atoms with Crippen LogP contribution in [-0.4, -0.2) is 48.8 Å². The second-order valence-electron chi connectivity index (χ2n) is 10.4. The molecule has 1 saturated heterocycles. The van der Waals surface area contributed by atoms with Crippen molar-refractivity contribution < 1.29 is 33.9 Å². The van der Waals surface area contributed by atoms with Gasteiger partial charge in [-0.3, -0.25) is 29.9 Å². The Morgan fingerprint density at radius 3 is 1.91 bits per heavy atom. The lowest BCUT2D eigenvalue weighted by Gasteiger charge is -2.43. The van der Waals surface area contributed by atoms with Crippen molar-refractivity contribution in [3.63, 3.8) is 0 Å². The zero-order valence-corrected chi connectivity index (χ0v) is 26.9. The van der Waals surface area contributed by atoms with Gasteiger partial charge in [0.1, 0.15) is 17.7 Å². The third-order valence-electron chi connectivity index (χ3n) is 7.50. The van der Waals surface area contributed by atoms with E-state index in [1.165, 1.54) is 17.0 Å². The average molecular weight is 672 g/mol. The number of hydrogen-bond acceptors (Lipinski definition) is 8. The van der Waals surface area contributed by atoms with Crippen LogP contribution in [0.25, 0.3) is 0 Å². The number of benzene rings is 4. The fourth-order valence-corrected chi connectivity index (χ4v) is 10.8. The third-order valence-corrected chi connectivity index (χ3v) is 13.0. The van der Waals surface area contributed by atoms with Crippen LogP contribution in [-0.2, 0) is 25.7 Å². The summed E-state index contributed by atoms with van der Waals surface area (Å²) in [6, 6.07) is 33.1. The molecule has 0 saturated carbocycles. The molecule has 1 unspecified atom stereocenters. The number of amides is 2. The monoisotopic (exact) mass is 671 g/mol. The van der Waals surface area contributed by atoms with E-state index >= 15 is 0 Å². The van der Waals surface area contributed by atoms with Crippen molar-refractivity contribution >= 4 is 74.4 Å². The van der Waals surface area contributed by atoms with E-state index in [4.69, 9.17) is 4.74 Å². The molecule has 240 valence electrons. The van der Waals surface area contributed by atoms with Crippen LogP contribution in [0.4, 0.5) is 16.2 Å². The first-order chi connectivity index (χ1) is 22.7. The second-order valence-corrected chi connectivity index (χ2v) is 14.9. The SMILES string of the molecule is CCC(=O)SC1CC(=O)N1C(C(=O)O)=P(c1ccccc1)(c1ccccc1)c1ccccc1.O=C1Nc2ccc(cc2[N+](=O)[O-])CO1. The van der Waals surface area contributed by atoms with Crippen LogP contribution in [0.3, 0.4) is 0 Å². The minimum atomic E-state index is -2.97. The lowest BCUT2D eigenvalue weighted by molar-refractivity contribution is -0.384. The summed E-state index contributed by atoms with van der Waals surface area (Å²) in [6.07, 6.45) is -0.206. The number of carboxylic acid groups (broad SMARTS) is 1. The second kappa shape index (κ2) is 14.5. The number of carboxylic acids is 1. The van der Waals surface area contributed by atoms with E-state index in [9.17, 15) is 34.4 Å². The Balaban J connectivity index is 0.000000257. The molecule has 0 aromatic heterocycles. The van der Waals surface area contributed by atoms with Crippen molar-refractivity contribution in [1.29, 1.82) is 0 Å². The summed E-state index contributed by atoms with van der Waals surface area (Å²) in [5.41, 5.74) is 0.696. The quantitative estimate of drug-likeness (QED) is 0.113. The molecule has 47 heavy (non-hydrogen) atoms. The molecular formula is C34H30N3O8PS. The number of ether oxygens (including phenoxy) is 1. The average Bonchev–Trinajstić information content (AvgIpc) is 3.07. The maximum Gasteiger partial charge on any atom is 0.412 e. The molecule has 3 aliphatic rings. The predicted molar refractivity (Wildman–Crippen MR) is 183 cm³/mol. The molecule has 2 bridgehead atoms. The minimum Gasteiger partial charge on any atom is -0.477 e. The minimum absolute atomic E-state index is 0.0451. The molecule has 11 nitrogen and oxygen atoms in total. The lowest BCUT2D eigenvalue weighted by atomic mass is 10.1. The summed E-state index contributed by atoms with van der Waals surface area (Å²) in [6.45, 7) is -1.16. The van der Waals surface area contributed by atoms with Crippen LogP contribution in [0.1, 0.15) is 25.3 Å². The van der Waals surface area contributed by atoms with E-state index in [1.54, 1.807) is 13.0 Å². The van der Waals surface area contributed by atoms with Gasteiger partial charge < -0.3 is 9.84 Å². The number of nitrogens with zero attached hydrogens (tertiary/aromatic N) is 2. The highest BCUT2D eigenvalue weighted by atomic mass is 32.2. The summed E-state index contributed by atoms with van der Waals surface area (Å²) in [5, 5.41) is 25.5. The molecule has 3 heterocycles. The van der Waals surface area contributed by atoms with E-state index in [0.717, 1.165) is 27.7 Å². The number of carbonyl (C=O) groups is 4. The molecule has 0 spiro atoms. The van der Waals surface area contributed by atoms with E-state index < -0.39 is 29.2 Å². The van der Waals surface area contributed by atoms with Gasteiger partial charge in [0.2, 0.25) is 5.91 Å². The summed E-state index contributed by atoms with van der Waals surface area (Å²) in [4.78, 5) is 60.5. The zero-order valence-electron chi connectivity index (χ0n) is 25.1. The molecule has 0 radical (unpaired) electrons. The first kappa shape index (κ1) is 33.2. The van der Waals surface area contributed by atoms with Crippen LogP contribution >= 0.6 is 18.6 Å². The maximum atomic E-state index is 13.0. The van der Waals surface area contributed by atoms with Gasteiger partial charge in [-0.2, -0.15) is 0 Å². The van der Waals surface area contributed by atoms with E-state index in [0.29, 0.717) is 12.0 Å². The predicted octanol–water partition coefficient (Wildman–Crippen LogP) is 5.08. The molecule has 1 atom stereocenters. The fourth-order valence-electron chi connectivity index (χ4n) is 5.37. The van der Waals surface area contributed by atoms with Crippen molar-refractivity contribution in [3.05, 3.63) is 125 Å². The lowest BCUT2D eigenvalue weighted by Crippen LogP contribution is -2.58. The summed E-state index contributed by atoms with van der Waals surface area (Å²) < 4.78 is 4.72. The Morgan fingerprint density at radius 1 is 0.936 bits per heavy atom. The fraction of sp³-hybridized carbons (Fsp3) is 0.147. The molecule has 2 N–H and O–H groups in total. The number of nitrogens with one attached hydrogen (secondary N) is 1. The van der Waals surface area contributed by atoms with Crippen molar-refractivity contribution in [1.82, 2.24) is 4.90 Å². The van der Waals surface area contributed by atoms with E-state index in [-0.39, 0.29) is 40.8 Å².